The van der Waals surface area contributed by atoms with Gasteiger partial charge in [-0.05, 0) is 6.42 Å². The number of hydroxylamine groups is 3. The zero-order valence-corrected chi connectivity index (χ0v) is 18.4. The van der Waals surface area contributed by atoms with Gasteiger partial charge in [0.2, 0.25) is 0 Å². The third-order valence-corrected chi connectivity index (χ3v) is 4.85. The van der Waals surface area contributed by atoms with Crippen LogP contribution in [0.2, 0.25) is 0 Å². The SMILES string of the molecule is CCCC[N+]1(C)CC[N+](Cc2ccccc2)(OC)CC1.[I-].[I-]. The zero-order valence-electron chi connectivity index (χ0n) is 14.1. The van der Waals surface area contributed by atoms with Gasteiger partial charge in [-0.1, -0.05) is 43.7 Å². The third-order valence-electron chi connectivity index (χ3n) is 4.85. The molecule has 0 saturated carbocycles. The van der Waals surface area contributed by atoms with Crippen LogP contribution in [0.4, 0.5) is 0 Å². The van der Waals surface area contributed by atoms with Crippen LogP contribution in [0.25, 0.3) is 0 Å². The minimum absolute atomic E-state index is 0. The highest BCUT2D eigenvalue weighted by atomic mass is 127. The van der Waals surface area contributed by atoms with Crippen molar-refractivity contribution in [2.45, 2.75) is 26.3 Å². The largest absolute Gasteiger partial charge is 1.00 e. The number of likely N-dealkylation sites (N-methyl/N-ethyl adjacent to an activating group) is 1. The molecule has 3 nitrogen and oxygen atoms in total. The second-order valence-corrected chi connectivity index (χ2v) is 6.48. The van der Waals surface area contributed by atoms with E-state index in [2.05, 4.69) is 44.3 Å². The summed E-state index contributed by atoms with van der Waals surface area (Å²) in [6.45, 7) is 9.26. The van der Waals surface area contributed by atoms with Crippen molar-refractivity contribution >= 4 is 0 Å². The van der Waals surface area contributed by atoms with Crippen LogP contribution in [0, 0.1) is 0 Å². The highest BCUT2D eigenvalue weighted by Crippen LogP contribution is 2.22. The maximum atomic E-state index is 5.91. The first kappa shape index (κ1) is 22.6. The van der Waals surface area contributed by atoms with Gasteiger partial charge in [0, 0.05) is 5.56 Å². The van der Waals surface area contributed by atoms with Gasteiger partial charge in [0.05, 0.1) is 20.7 Å². The number of quaternary nitrogens is 2. The molecule has 2 rings (SSSR count). The molecule has 1 aromatic rings. The van der Waals surface area contributed by atoms with Crippen molar-refractivity contribution in [1.82, 2.24) is 0 Å². The van der Waals surface area contributed by atoms with E-state index < -0.39 is 0 Å². The maximum Gasteiger partial charge on any atom is 0.159 e. The zero-order chi connectivity index (χ0) is 14.5. The molecule has 0 amide bonds. The monoisotopic (exact) mass is 532 g/mol. The normalized spacial score (nSPS) is 27.6. The van der Waals surface area contributed by atoms with Crippen LogP contribution < -0.4 is 48.0 Å². The first-order chi connectivity index (χ1) is 9.61. The number of hydrogen-bond acceptors (Lipinski definition) is 1. The van der Waals surface area contributed by atoms with Gasteiger partial charge in [-0.2, -0.15) is 4.65 Å². The van der Waals surface area contributed by atoms with Gasteiger partial charge >= 0.3 is 0 Å². The number of piperazine rings is 1. The van der Waals surface area contributed by atoms with E-state index in [1.165, 1.54) is 42.5 Å². The van der Waals surface area contributed by atoms with E-state index >= 15 is 0 Å². The Morgan fingerprint density at radius 2 is 1.59 bits per heavy atom. The van der Waals surface area contributed by atoms with E-state index in [1.54, 1.807) is 0 Å². The Balaban J connectivity index is 0.00000220. The summed E-state index contributed by atoms with van der Waals surface area (Å²) >= 11 is 0. The number of nitrogens with zero attached hydrogens (tertiary/aromatic N) is 2. The van der Waals surface area contributed by atoms with Crippen LogP contribution in [-0.2, 0) is 11.4 Å². The molecule has 1 aliphatic heterocycles. The Hall–Kier alpha value is 0.560. The maximum absolute atomic E-state index is 5.91. The highest BCUT2D eigenvalue weighted by Gasteiger charge is 2.40. The molecule has 22 heavy (non-hydrogen) atoms. The van der Waals surface area contributed by atoms with Gasteiger partial charge < -0.3 is 52.4 Å². The van der Waals surface area contributed by atoms with Crippen LogP contribution in [0.1, 0.15) is 25.3 Å². The van der Waals surface area contributed by atoms with Crippen molar-refractivity contribution in [3.05, 3.63) is 35.9 Å². The number of halogens is 2. The van der Waals surface area contributed by atoms with E-state index in [0.717, 1.165) is 24.3 Å². The molecule has 128 valence electrons. The third kappa shape index (κ3) is 6.22. The number of unbranched alkanes of at least 4 members (excludes halogenated alkanes) is 1. The fourth-order valence-corrected chi connectivity index (χ4v) is 3.16. The predicted molar refractivity (Wildman–Crippen MR) is 82.8 cm³/mol. The van der Waals surface area contributed by atoms with Gasteiger partial charge in [0.1, 0.15) is 19.6 Å². The fourth-order valence-electron chi connectivity index (χ4n) is 3.16. The molecular weight excluding hydrogens is 502 g/mol. The molecule has 0 atom stereocenters. The van der Waals surface area contributed by atoms with Gasteiger partial charge in [0.15, 0.2) is 13.1 Å². The molecule has 0 radical (unpaired) electrons. The standard InChI is InChI=1S/C17H30N2O.2HI/c1-4-5-11-18(2)12-14-19(20-3,15-13-18)16-17-9-7-6-8-10-17;;/h6-10H,4-5,11-16H2,1-3H3;2*1H/q+2;;/p-2. The van der Waals surface area contributed by atoms with Crippen molar-refractivity contribution < 1.29 is 61.9 Å². The van der Waals surface area contributed by atoms with Crippen molar-refractivity contribution in [1.29, 1.82) is 0 Å². The molecule has 0 bridgehead atoms. The smallest absolute Gasteiger partial charge is 0.159 e. The van der Waals surface area contributed by atoms with Crippen molar-refractivity contribution in [2.75, 3.05) is 46.9 Å². The summed E-state index contributed by atoms with van der Waals surface area (Å²) in [5.74, 6) is 0. The lowest BCUT2D eigenvalue weighted by atomic mass is 10.1. The van der Waals surface area contributed by atoms with Crippen LogP contribution >= 0.6 is 0 Å². The second-order valence-electron chi connectivity index (χ2n) is 6.48. The Labute approximate surface area is 170 Å². The molecule has 1 aromatic carbocycles. The molecular formula is C17H30I2N2O. The van der Waals surface area contributed by atoms with Crippen molar-refractivity contribution in [3.63, 3.8) is 0 Å². The molecule has 1 heterocycles. The highest BCUT2D eigenvalue weighted by molar-refractivity contribution is 5.13. The van der Waals surface area contributed by atoms with Gasteiger partial charge in [-0.3, -0.25) is 0 Å². The molecule has 1 saturated heterocycles. The summed E-state index contributed by atoms with van der Waals surface area (Å²) in [4.78, 5) is 5.91. The average molecular weight is 532 g/mol. The van der Waals surface area contributed by atoms with Gasteiger partial charge in [0.25, 0.3) is 0 Å². The van der Waals surface area contributed by atoms with E-state index in [9.17, 15) is 0 Å². The molecule has 0 spiro atoms. The number of rotatable bonds is 6. The van der Waals surface area contributed by atoms with E-state index in [-0.39, 0.29) is 48.0 Å². The lowest BCUT2D eigenvalue weighted by Crippen LogP contribution is -3.00. The lowest BCUT2D eigenvalue weighted by molar-refractivity contribution is -1.15. The Morgan fingerprint density at radius 3 is 2.09 bits per heavy atom. The minimum atomic E-state index is 0. The predicted octanol–water partition coefficient (Wildman–Crippen LogP) is -3.17. The Bertz CT molecular complexity index is 406. The molecule has 1 aliphatic rings. The van der Waals surface area contributed by atoms with Crippen molar-refractivity contribution in [2.24, 2.45) is 0 Å². The molecule has 0 aromatic heterocycles. The quantitative estimate of drug-likeness (QED) is 0.278. The first-order valence-corrected chi connectivity index (χ1v) is 7.91. The summed E-state index contributed by atoms with van der Waals surface area (Å²) in [6, 6.07) is 10.7. The summed E-state index contributed by atoms with van der Waals surface area (Å²) in [5.41, 5.74) is 1.37. The fraction of sp³-hybridized carbons (Fsp3) is 0.647. The van der Waals surface area contributed by atoms with E-state index in [4.69, 9.17) is 4.84 Å². The lowest BCUT2D eigenvalue weighted by Gasteiger charge is -2.45. The van der Waals surface area contributed by atoms with E-state index in [0.29, 0.717) is 0 Å². The van der Waals surface area contributed by atoms with Crippen LogP contribution in [0.3, 0.4) is 0 Å². The van der Waals surface area contributed by atoms with Crippen LogP contribution in [0.5, 0.6) is 0 Å². The summed E-state index contributed by atoms with van der Waals surface area (Å²) in [7, 11) is 4.27. The van der Waals surface area contributed by atoms with Crippen LogP contribution in [0.15, 0.2) is 30.3 Å². The number of benzene rings is 1. The number of hydrogen-bond donors (Lipinski definition) is 0. The summed E-state index contributed by atoms with van der Waals surface area (Å²) in [5, 5.41) is 0. The first-order valence-electron chi connectivity index (χ1n) is 7.91. The van der Waals surface area contributed by atoms with Gasteiger partial charge in [-0.15, -0.1) is 0 Å². The molecule has 0 aliphatic carbocycles. The van der Waals surface area contributed by atoms with Gasteiger partial charge in [-0.25, -0.2) is 4.84 Å². The summed E-state index contributed by atoms with van der Waals surface area (Å²) < 4.78 is 2.00. The minimum Gasteiger partial charge on any atom is -1.00 e. The molecule has 0 unspecified atom stereocenters. The summed E-state index contributed by atoms with van der Waals surface area (Å²) in [6.07, 6.45) is 2.63. The van der Waals surface area contributed by atoms with Crippen molar-refractivity contribution in [3.8, 4) is 0 Å². The van der Waals surface area contributed by atoms with E-state index in [1.807, 2.05) is 7.11 Å². The molecule has 1 fully saturated rings. The second kappa shape index (κ2) is 10.4. The molecule has 0 N–H and O–H groups in total. The van der Waals surface area contributed by atoms with Crippen LogP contribution in [-0.4, -0.2) is 56.0 Å². The Kier molecular flexibility index (Phi) is 10.7. The molecule has 5 heteroatoms. The average Bonchev–Trinajstić information content (AvgIpc) is 2.49. The Morgan fingerprint density at radius 1 is 1.00 bits per heavy atom. The topological polar surface area (TPSA) is 9.23 Å².